The van der Waals surface area contributed by atoms with Crippen molar-refractivity contribution >= 4 is 17.5 Å². The second kappa shape index (κ2) is 4.43. The minimum atomic E-state index is -0.453. The van der Waals surface area contributed by atoms with Gasteiger partial charge in [-0.3, -0.25) is 4.79 Å². The van der Waals surface area contributed by atoms with E-state index in [0.717, 1.165) is 5.56 Å². The lowest BCUT2D eigenvalue weighted by molar-refractivity contribution is -0.114. The van der Waals surface area contributed by atoms with Crippen LogP contribution in [-0.2, 0) is 16.2 Å². The van der Waals surface area contributed by atoms with Gasteiger partial charge in [0, 0.05) is 0 Å². The third-order valence-electron chi connectivity index (χ3n) is 1.97. The quantitative estimate of drug-likeness (QED) is 0.697. The largest absolute Gasteiger partial charge is 0.390 e. The van der Waals surface area contributed by atoms with E-state index in [1.165, 1.54) is 0 Å². The molecule has 1 aromatic carbocycles. The molecule has 1 amide bonds. The van der Waals surface area contributed by atoms with Crippen LogP contribution in [0.2, 0.25) is 0 Å². The van der Waals surface area contributed by atoms with E-state index in [4.69, 9.17) is 10.6 Å². The molecule has 0 fully saturated rings. The number of carbonyl (C=O) groups excluding carboxylic acids is 1. The molecule has 0 saturated heterocycles. The van der Waals surface area contributed by atoms with Crippen LogP contribution in [0.1, 0.15) is 5.56 Å². The maximum atomic E-state index is 11.1. The molecule has 0 aromatic heterocycles. The standard InChI is InChI=1S/C10H10N4O2/c11-9-8(10(15)13-12-9)14-16-6-7-4-2-1-3-5-7/h1-5H,6H2,(H3,11,12,13,14,15). The highest BCUT2D eigenvalue weighted by molar-refractivity contribution is 6.68. The summed E-state index contributed by atoms with van der Waals surface area (Å²) in [5.41, 5.74) is 8.56. The summed E-state index contributed by atoms with van der Waals surface area (Å²) in [4.78, 5) is 16.1. The van der Waals surface area contributed by atoms with Gasteiger partial charge < -0.3 is 10.6 Å². The fourth-order valence-electron chi connectivity index (χ4n) is 1.17. The van der Waals surface area contributed by atoms with Gasteiger partial charge in [0.1, 0.15) is 6.61 Å². The van der Waals surface area contributed by atoms with Crippen molar-refractivity contribution in [3.8, 4) is 0 Å². The molecule has 2 rings (SSSR count). The van der Waals surface area contributed by atoms with Crippen molar-refractivity contribution in [1.82, 2.24) is 5.43 Å². The van der Waals surface area contributed by atoms with Gasteiger partial charge >= 0.3 is 0 Å². The van der Waals surface area contributed by atoms with Crippen LogP contribution in [0.25, 0.3) is 0 Å². The summed E-state index contributed by atoms with van der Waals surface area (Å²) in [6.45, 7) is 0.283. The van der Waals surface area contributed by atoms with Gasteiger partial charge in [0.05, 0.1) is 0 Å². The maximum absolute atomic E-state index is 11.1. The minimum Gasteiger partial charge on any atom is -0.390 e. The average molecular weight is 218 g/mol. The van der Waals surface area contributed by atoms with Gasteiger partial charge in [0.15, 0.2) is 5.84 Å². The Hall–Kier alpha value is -2.37. The average Bonchev–Trinajstić information content (AvgIpc) is 2.62. The molecule has 82 valence electrons. The molecule has 0 radical (unpaired) electrons. The first-order valence-corrected chi connectivity index (χ1v) is 4.65. The lowest BCUT2D eigenvalue weighted by Crippen LogP contribution is -2.27. The first kappa shape index (κ1) is 10.2. The number of amidine groups is 1. The van der Waals surface area contributed by atoms with Crippen LogP contribution in [0, 0.1) is 0 Å². The summed E-state index contributed by atoms with van der Waals surface area (Å²) in [7, 11) is 0. The van der Waals surface area contributed by atoms with E-state index < -0.39 is 5.91 Å². The van der Waals surface area contributed by atoms with Crippen LogP contribution in [0.5, 0.6) is 0 Å². The van der Waals surface area contributed by atoms with Crippen molar-refractivity contribution in [2.24, 2.45) is 16.0 Å². The van der Waals surface area contributed by atoms with Crippen molar-refractivity contribution in [3.63, 3.8) is 0 Å². The molecule has 1 aliphatic heterocycles. The van der Waals surface area contributed by atoms with Crippen molar-refractivity contribution < 1.29 is 9.63 Å². The van der Waals surface area contributed by atoms with E-state index in [-0.39, 0.29) is 18.2 Å². The lowest BCUT2D eigenvalue weighted by Gasteiger charge is -1.99. The number of hydrogen-bond acceptors (Lipinski definition) is 5. The second-order valence-corrected chi connectivity index (χ2v) is 3.14. The van der Waals surface area contributed by atoms with E-state index in [9.17, 15) is 4.79 Å². The molecule has 0 atom stereocenters. The summed E-state index contributed by atoms with van der Waals surface area (Å²) in [6.07, 6.45) is 0. The summed E-state index contributed by atoms with van der Waals surface area (Å²) in [6, 6.07) is 9.48. The van der Waals surface area contributed by atoms with Crippen molar-refractivity contribution in [2.45, 2.75) is 6.61 Å². The molecule has 0 spiro atoms. The third kappa shape index (κ3) is 2.17. The Bertz CT molecular complexity index is 453. The molecule has 1 aliphatic rings. The number of hydrogen-bond donors (Lipinski definition) is 2. The molecule has 6 heteroatoms. The number of amides is 1. The minimum absolute atomic E-state index is 0.0101. The Kier molecular flexibility index (Phi) is 2.81. The van der Waals surface area contributed by atoms with Gasteiger partial charge in [-0.25, -0.2) is 5.43 Å². The fraction of sp³-hybridized carbons (Fsp3) is 0.100. The van der Waals surface area contributed by atoms with Crippen molar-refractivity contribution in [3.05, 3.63) is 35.9 Å². The number of nitrogens with zero attached hydrogens (tertiary/aromatic N) is 2. The Morgan fingerprint density at radius 1 is 1.38 bits per heavy atom. The van der Waals surface area contributed by atoms with Crippen LogP contribution in [0.15, 0.2) is 40.6 Å². The predicted molar refractivity (Wildman–Crippen MR) is 58.4 cm³/mol. The molecular formula is C10H10N4O2. The van der Waals surface area contributed by atoms with Crippen LogP contribution < -0.4 is 11.2 Å². The van der Waals surface area contributed by atoms with Gasteiger partial charge in [-0.1, -0.05) is 35.5 Å². The number of carbonyl (C=O) groups is 1. The molecular weight excluding hydrogens is 208 g/mol. The molecule has 1 heterocycles. The van der Waals surface area contributed by atoms with Crippen LogP contribution in [0.3, 0.4) is 0 Å². The van der Waals surface area contributed by atoms with E-state index in [1.807, 2.05) is 30.3 Å². The van der Waals surface area contributed by atoms with Crippen LogP contribution in [0.4, 0.5) is 0 Å². The fourth-order valence-corrected chi connectivity index (χ4v) is 1.17. The predicted octanol–water partition coefficient (Wildman–Crippen LogP) is -0.0388. The van der Waals surface area contributed by atoms with Gasteiger partial charge in [0.2, 0.25) is 5.71 Å². The summed E-state index contributed by atoms with van der Waals surface area (Å²) in [5, 5.41) is 7.14. The zero-order valence-electron chi connectivity index (χ0n) is 8.38. The Balaban J connectivity index is 1.95. The summed E-state index contributed by atoms with van der Waals surface area (Å²) >= 11 is 0. The number of nitrogens with two attached hydrogens (primary N) is 1. The first-order valence-electron chi connectivity index (χ1n) is 4.65. The molecule has 0 aliphatic carbocycles. The van der Waals surface area contributed by atoms with Crippen molar-refractivity contribution in [1.29, 1.82) is 0 Å². The lowest BCUT2D eigenvalue weighted by atomic mass is 10.2. The molecule has 0 saturated carbocycles. The summed E-state index contributed by atoms with van der Waals surface area (Å²) in [5.74, 6) is -0.413. The maximum Gasteiger partial charge on any atom is 0.297 e. The highest BCUT2D eigenvalue weighted by Gasteiger charge is 2.22. The monoisotopic (exact) mass is 218 g/mol. The van der Waals surface area contributed by atoms with Gasteiger partial charge in [-0.05, 0) is 5.56 Å². The highest BCUT2D eigenvalue weighted by atomic mass is 16.6. The number of rotatable bonds is 3. The normalized spacial score (nSPS) is 17.1. The van der Waals surface area contributed by atoms with Gasteiger partial charge in [0.25, 0.3) is 5.91 Å². The molecule has 0 bridgehead atoms. The Labute approximate surface area is 91.8 Å². The van der Waals surface area contributed by atoms with E-state index in [1.54, 1.807) is 0 Å². The number of nitrogens with one attached hydrogen (secondary N) is 1. The third-order valence-corrected chi connectivity index (χ3v) is 1.97. The van der Waals surface area contributed by atoms with E-state index >= 15 is 0 Å². The van der Waals surface area contributed by atoms with E-state index in [2.05, 4.69) is 15.7 Å². The molecule has 6 nitrogen and oxygen atoms in total. The zero-order chi connectivity index (χ0) is 11.4. The zero-order valence-corrected chi connectivity index (χ0v) is 8.38. The van der Waals surface area contributed by atoms with Gasteiger partial charge in [-0.2, -0.15) is 5.10 Å². The second-order valence-electron chi connectivity index (χ2n) is 3.14. The molecule has 16 heavy (non-hydrogen) atoms. The SMILES string of the molecule is NC1=NNC(=O)C1=NOCc1ccccc1. The summed E-state index contributed by atoms with van der Waals surface area (Å²) < 4.78 is 0. The number of oxime groups is 1. The smallest absolute Gasteiger partial charge is 0.297 e. The molecule has 3 N–H and O–H groups in total. The molecule has 0 unspecified atom stereocenters. The van der Waals surface area contributed by atoms with Crippen molar-refractivity contribution in [2.75, 3.05) is 0 Å². The Morgan fingerprint density at radius 2 is 2.12 bits per heavy atom. The van der Waals surface area contributed by atoms with Crippen LogP contribution >= 0.6 is 0 Å². The van der Waals surface area contributed by atoms with Gasteiger partial charge in [-0.15, -0.1) is 0 Å². The van der Waals surface area contributed by atoms with E-state index in [0.29, 0.717) is 0 Å². The molecule has 1 aromatic rings. The Morgan fingerprint density at radius 3 is 2.75 bits per heavy atom. The highest BCUT2D eigenvalue weighted by Crippen LogP contribution is 2.01. The number of benzene rings is 1. The van der Waals surface area contributed by atoms with Crippen LogP contribution in [-0.4, -0.2) is 17.5 Å². The first-order chi connectivity index (χ1) is 7.77. The topological polar surface area (TPSA) is 89.1 Å². The number of hydrazone groups is 1.